The Morgan fingerprint density at radius 3 is 2.52 bits per heavy atom. The largest absolute Gasteiger partial charge is 0.509 e. The Balaban J connectivity index is 0.00000312. The molecule has 0 spiro atoms. The number of anilines is 1. The SMILES string of the molecule is COC(=O)OC(C)N(C(=O)c1ccc(C)[c-]c1C)c1ncnn1C.[Y]. The van der Waals surface area contributed by atoms with Crippen LogP contribution >= 0.6 is 0 Å². The molecule has 9 heteroatoms. The molecule has 2 aromatic rings. The number of carbonyl (C=O) groups excluding carboxylic acids is 2. The molecule has 1 atom stereocenters. The molecule has 0 saturated heterocycles. The van der Waals surface area contributed by atoms with Gasteiger partial charge in [-0.25, -0.2) is 14.4 Å². The molecule has 1 aromatic carbocycles. The van der Waals surface area contributed by atoms with E-state index in [1.807, 2.05) is 6.92 Å². The van der Waals surface area contributed by atoms with Crippen molar-refractivity contribution in [3.05, 3.63) is 41.2 Å². The van der Waals surface area contributed by atoms with E-state index in [2.05, 4.69) is 20.9 Å². The Bertz CT molecular complexity index is 762. The molecule has 1 aromatic heterocycles. The summed E-state index contributed by atoms with van der Waals surface area (Å²) in [6.07, 6.45) is -0.516. The maximum absolute atomic E-state index is 13.0. The van der Waals surface area contributed by atoms with E-state index in [0.717, 1.165) is 5.56 Å². The van der Waals surface area contributed by atoms with Gasteiger partial charge in [0.15, 0.2) is 6.23 Å². The minimum absolute atomic E-state index is 0. The van der Waals surface area contributed by atoms with Crippen molar-refractivity contribution in [3.8, 4) is 0 Å². The van der Waals surface area contributed by atoms with E-state index in [-0.39, 0.29) is 44.6 Å². The Morgan fingerprint density at radius 2 is 2.00 bits per heavy atom. The zero-order chi connectivity index (χ0) is 17.9. The summed E-state index contributed by atoms with van der Waals surface area (Å²) in [6, 6.07) is 6.60. The second-order valence-corrected chi connectivity index (χ2v) is 5.21. The second-order valence-electron chi connectivity index (χ2n) is 5.21. The van der Waals surface area contributed by atoms with Crippen LogP contribution < -0.4 is 4.90 Å². The van der Waals surface area contributed by atoms with E-state index in [4.69, 9.17) is 4.74 Å². The maximum atomic E-state index is 13.0. The number of hydrogen-bond acceptors (Lipinski definition) is 6. The third-order valence-electron chi connectivity index (χ3n) is 3.44. The van der Waals surface area contributed by atoms with Crippen LogP contribution in [0.15, 0.2) is 18.5 Å². The molecule has 25 heavy (non-hydrogen) atoms. The molecule has 1 amide bonds. The average molecular weight is 420 g/mol. The van der Waals surface area contributed by atoms with E-state index in [9.17, 15) is 9.59 Å². The van der Waals surface area contributed by atoms with Crippen molar-refractivity contribution in [3.63, 3.8) is 0 Å². The Morgan fingerprint density at radius 1 is 1.32 bits per heavy atom. The summed E-state index contributed by atoms with van der Waals surface area (Å²) in [7, 11) is 2.84. The number of hydrogen-bond donors (Lipinski definition) is 0. The summed E-state index contributed by atoms with van der Waals surface area (Å²) in [4.78, 5) is 29.8. The molecule has 0 saturated carbocycles. The first-order valence-electron chi connectivity index (χ1n) is 7.26. The molecule has 0 N–H and O–H groups in total. The van der Waals surface area contributed by atoms with E-state index >= 15 is 0 Å². The van der Waals surface area contributed by atoms with Crippen LogP contribution in [0.4, 0.5) is 10.7 Å². The van der Waals surface area contributed by atoms with Crippen molar-refractivity contribution >= 4 is 18.0 Å². The molecule has 0 aliphatic rings. The normalized spacial score (nSPS) is 11.2. The summed E-state index contributed by atoms with van der Waals surface area (Å²) in [5, 5.41) is 3.96. The Hall–Kier alpha value is -1.80. The zero-order valence-corrected chi connectivity index (χ0v) is 17.6. The van der Waals surface area contributed by atoms with Gasteiger partial charge in [0.1, 0.15) is 6.33 Å². The number of ether oxygens (including phenoxy) is 2. The Kier molecular flexibility index (Phi) is 7.70. The number of nitrogens with zero attached hydrogens (tertiary/aromatic N) is 4. The topological polar surface area (TPSA) is 86.6 Å². The number of amides is 1. The molecular weight excluding hydrogens is 401 g/mol. The standard InChI is InChI=1S/C16H19N4O4.Y/c1-10-6-7-13(11(2)8-10)14(21)20(12(3)24-16(22)23-5)15-17-9-18-19(15)4;/h6-7,9,12H,1-5H3;/q-1;. The van der Waals surface area contributed by atoms with Gasteiger partial charge in [0.25, 0.3) is 0 Å². The van der Waals surface area contributed by atoms with E-state index in [1.165, 1.54) is 23.0 Å². The maximum Gasteiger partial charge on any atom is 0.509 e. The molecule has 1 heterocycles. The van der Waals surface area contributed by atoms with Crippen molar-refractivity contribution in [2.45, 2.75) is 27.0 Å². The van der Waals surface area contributed by atoms with Crippen molar-refractivity contribution in [2.75, 3.05) is 12.0 Å². The summed E-state index contributed by atoms with van der Waals surface area (Å²) in [5.41, 5.74) is 2.05. The van der Waals surface area contributed by atoms with E-state index in [1.54, 1.807) is 33.0 Å². The van der Waals surface area contributed by atoms with Gasteiger partial charge in [-0.2, -0.15) is 39.4 Å². The first-order valence-corrected chi connectivity index (χ1v) is 7.26. The monoisotopic (exact) mass is 420 g/mol. The summed E-state index contributed by atoms with van der Waals surface area (Å²) < 4.78 is 11.0. The van der Waals surface area contributed by atoms with Crippen LogP contribution in [-0.4, -0.2) is 40.2 Å². The van der Waals surface area contributed by atoms with Crippen LogP contribution in [0.3, 0.4) is 0 Å². The van der Waals surface area contributed by atoms with Crippen molar-refractivity contribution < 1.29 is 51.8 Å². The van der Waals surface area contributed by atoms with Crippen LogP contribution in [0, 0.1) is 19.9 Å². The third-order valence-corrected chi connectivity index (χ3v) is 3.44. The molecule has 1 radical (unpaired) electrons. The van der Waals surface area contributed by atoms with Crippen molar-refractivity contribution in [1.29, 1.82) is 0 Å². The minimum Gasteiger partial charge on any atom is -0.438 e. The first kappa shape index (κ1) is 21.2. The van der Waals surface area contributed by atoms with Crippen LogP contribution in [-0.2, 0) is 49.2 Å². The number of benzene rings is 1. The minimum atomic E-state index is -0.937. The van der Waals surface area contributed by atoms with E-state index < -0.39 is 12.4 Å². The van der Waals surface area contributed by atoms with Crippen LogP contribution in [0.5, 0.6) is 0 Å². The van der Waals surface area contributed by atoms with Gasteiger partial charge in [-0.15, -0.1) is 0 Å². The fraction of sp³-hybridized carbons (Fsp3) is 0.375. The van der Waals surface area contributed by atoms with Crippen molar-refractivity contribution in [1.82, 2.24) is 14.8 Å². The number of aryl methyl sites for hydroxylation is 3. The predicted molar refractivity (Wildman–Crippen MR) is 85.5 cm³/mol. The van der Waals surface area contributed by atoms with Gasteiger partial charge in [0.2, 0.25) is 11.9 Å². The predicted octanol–water partition coefficient (Wildman–Crippen LogP) is 2.01. The molecular formula is C16H19N4O4Y-. The smallest absolute Gasteiger partial charge is 0.438 e. The third kappa shape index (κ3) is 4.86. The molecule has 0 bridgehead atoms. The number of carbonyl (C=O) groups is 2. The fourth-order valence-electron chi connectivity index (χ4n) is 2.27. The Labute approximate surface area is 171 Å². The van der Waals surface area contributed by atoms with Gasteiger partial charge in [-0.05, 0) is 6.92 Å². The summed E-state index contributed by atoms with van der Waals surface area (Å²) in [6.45, 7) is 5.24. The van der Waals surface area contributed by atoms with Gasteiger partial charge < -0.3 is 9.47 Å². The fourth-order valence-corrected chi connectivity index (χ4v) is 2.27. The molecule has 0 aliphatic carbocycles. The number of rotatable bonds is 4. The number of aromatic nitrogens is 3. The summed E-state index contributed by atoms with van der Waals surface area (Å²) in [5.74, 6) is -0.132. The van der Waals surface area contributed by atoms with Crippen molar-refractivity contribution in [2.24, 2.45) is 7.05 Å². The quantitative estimate of drug-likeness (QED) is 0.427. The number of methoxy groups -OCH3 is 1. The van der Waals surface area contributed by atoms with Gasteiger partial charge in [-0.1, -0.05) is 19.4 Å². The van der Waals surface area contributed by atoms with Gasteiger partial charge in [0.05, 0.1) is 7.11 Å². The molecule has 1 unspecified atom stereocenters. The van der Waals surface area contributed by atoms with E-state index in [0.29, 0.717) is 11.1 Å². The first-order chi connectivity index (χ1) is 11.3. The molecule has 131 valence electrons. The van der Waals surface area contributed by atoms with Crippen LogP contribution in [0.25, 0.3) is 0 Å². The van der Waals surface area contributed by atoms with Crippen LogP contribution in [0.2, 0.25) is 0 Å². The zero-order valence-electron chi connectivity index (χ0n) is 14.8. The molecule has 2 rings (SSSR count). The second kappa shape index (κ2) is 9.05. The molecule has 0 fully saturated rings. The molecule has 0 aliphatic heterocycles. The molecule has 8 nitrogen and oxygen atoms in total. The summed E-state index contributed by atoms with van der Waals surface area (Å²) >= 11 is 0. The van der Waals surface area contributed by atoms with Crippen LogP contribution in [0.1, 0.15) is 28.4 Å². The van der Waals surface area contributed by atoms with Gasteiger partial charge in [0, 0.05) is 39.8 Å². The van der Waals surface area contributed by atoms with Gasteiger partial charge in [-0.3, -0.25) is 4.79 Å². The average Bonchev–Trinajstić information content (AvgIpc) is 2.93. The van der Waals surface area contributed by atoms with Gasteiger partial charge >= 0.3 is 6.16 Å².